The van der Waals surface area contributed by atoms with Crippen molar-refractivity contribution in [2.45, 2.75) is 31.8 Å². The summed E-state index contributed by atoms with van der Waals surface area (Å²) in [5.74, 6) is 0.567. The fourth-order valence-electron chi connectivity index (χ4n) is 3.69. The molecule has 1 amide bonds. The minimum absolute atomic E-state index is 0.248. The van der Waals surface area contributed by atoms with Gasteiger partial charge in [0.2, 0.25) is 5.91 Å². The fraction of sp³-hybridized carbons (Fsp3) is 0.611. The summed E-state index contributed by atoms with van der Waals surface area (Å²) in [4.78, 5) is 16.0. The van der Waals surface area contributed by atoms with Crippen LogP contribution >= 0.6 is 0 Å². The Labute approximate surface area is 136 Å². The molecule has 0 saturated carbocycles. The Hall–Kier alpha value is -1.46. The topological polar surface area (TPSA) is 43.8 Å². The molecule has 2 saturated heterocycles. The van der Waals surface area contributed by atoms with E-state index in [0.717, 1.165) is 44.6 Å². The second-order valence-corrected chi connectivity index (χ2v) is 6.84. The number of carbonyl (C=O) groups is 1. The van der Waals surface area contributed by atoms with Gasteiger partial charge in [-0.3, -0.25) is 4.79 Å². The quantitative estimate of drug-likeness (QED) is 0.867. The summed E-state index contributed by atoms with van der Waals surface area (Å²) in [5.41, 5.74) is 0.956. The summed E-state index contributed by atoms with van der Waals surface area (Å²) in [6.07, 6.45) is 2.89. The summed E-state index contributed by atoms with van der Waals surface area (Å²) in [7, 11) is 0. The van der Waals surface area contributed by atoms with Crippen molar-refractivity contribution in [2.24, 2.45) is 5.92 Å². The molecule has 2 atom stereocenters. The Bertz CT molecular complexity index is 534. The van der Waals surface area contributed by atoms with Crippen LogP contribution in [0.15, 0.2) is 24.3 Å². The summed E-state index contributed by atoms with van der Waals surface area (Å²) < 4.78 is 12.9. The fourth-order valence-corrected chi connectivity index (χ4v) is 3.69. The maximum atomic E-state index is 12.9. The van der Waals surface area contributed by atoms with Gasteiger partial charge in [-0.1, -0.05) is 12.1 Å². The number of aliphatic hydroxyl groups is 1. The zero-order chi connectivity index (χ0) is 16.2. The van der Waals surface area contributed by atoms with E-state index in [-0.39, 0.29) is 5.82 Å². The summed E-state index contributed by atoms with van der Waals surface area (Å²) in [6.45, 7) is 4.34. The number of nitrogens with zero attached hydrogens (tertiary/aromatic N) is 2. The maximum absolute atomic E-state index is 12.9. The number of benzene rings is 1. The Kier molecular flexibility index (Phi) is 5.28. The number of hydrogen-bond donors (Lipinski definition) is 1. The van der Waals surface area contributed by atoms with Crippen molar-refractivity contribution >= 4 is 5.91 Å². The van der Waals surface area contributed by atoms with Crippen LogP contribution < -0.4 is 0 Å². The van der Waals surface area contributed by atoms with Crippen LogP contribution in [0.2, 0.25) is 0 Å². The predicted molar refractivity (Wildman–Crippen MR) is 86.5 cm³/mol. The molecule has 23 heavy (non-hydrogen) atoms. The zero-order valence-corrected chi connectivity index (χ0v) is 13.5. The van der Waals surface area contributed by atoms with Gasteiger partial charge in [0, 0.05) is 32.6 Å². The number of rotatable bonds is 6. The number of amides is 1. The maximum Gasteiger partial charge on any atom is 0.222 e. The SMILES string of the molecule is O=C1CCCN1CC1CCN(CC(O)Cc2ccc(F)cc2)C1. The van der Waals surface area contributed by atoms with E-state index in [9.17, 15) is 14.3 Å². The molecule has 1 N–H and O–H groups in total. The summed E-state index contributed by atoms with van der Waals surface area (Å²) in [6, 6.07) is 6.32. The molecule has 0 spiro atoms. The molecule has 0 aliphatic carbocycles. The monoisotopic (exact) mass is 320 g/mol. The molecule has 1 aromatic rings. The Morgan fingerprint density at radius 3 is 2.74 bits per heavy atom. The van der Waals surface area contributed by atoms with Gasteiger partial charge < -0.3 is 14.9 Å². The van der Waals surface area contributed by atoms with E-state index in [1.54, 1.807) is 12.1 Å². The van der Waals surface area contributed by atoms with E-state index in [4.69, 9.17) is 0 Å². The van der Waals surface area contributed by atoms with Gasteiger partial charge in [-0.25, -0.2) is 4.39 Å². The van der Waals surface area contributed by atoms with E-state index in [2.05, 4.69) is 4.90 Å². The van der Waals surface area contributed by atoms with Gasteiger partial charge in [-0.2, -0.15) is 0 Å². The van der Waals surface area contributed by atoms with Crippen molar-refractivity contribution in [3.05, 3.63) is 35.6 Å². The van der Waals surface area contributed by atoms with E-state index in [1.165, 1.54) is 12.1 Å². The lowest BCUT2D eigenvalue weighted by Crippen LogP contribution is -2.34. The highest BCUT2D eigenvalue weighted by atomic mass is 19.1. The van der Waals surface area contributed by atoms with Crippen LogP contribution in [-0.2, 0) is 11.2 Å². The van der Waals surface area contributed by atoms with Crippen LogP contribution in [0.25, 0.3) is 0 Å². The highest BCUT2D eigenvalue weighted by Gasteiger charge is 2.29. The largest absolute Gasteiger partial charge is 0.391 e. The van der Waals surface area contributed by atoms with E-state index in [0.29, 0.717) is 31.2 Å². The first-order chi connectivity index (χ1) is 11.1. The number of hydrogen-bond acceptors (Lipinski definition) is 3. The smallest absolute Gasteiger partial charge is 0.222 e. The van der Waals surface area contributed by atoms with Gasteiger partial charge in [0.25, 0.3) is 0 Å². The minimum atomic E-state index is -0.437. The molecule has 3 rings (SSSR count). The van der Waals surface area contributed by atoms with Gasteiger partial charge in [0.15, 0.2) is 0 Å². The van der Waals surface area contributed by atoms with Crippen molar-refractivity contribution in [2.75, 3.05) is 32.7 Å². The van der Waals surface area contributed by atoms with Crippen molar-refractivity contribution < 1.29 is 14.3 Å². The van der Waals surface area contributed by atoms with Crippen molar-refractivity contribution in [1.29, 1.82) is 0 Å². The van der Waals surface area contributed by atoms with Crippen molar-refractivity contribution in [3.63, 3.8) is 0 Å². The second kappa shape index (κ2) is 7.41. The molecule has 4 nitrogen and oxygen atoms in total. The van der Waals surface area contributed by atoms with E-state index < -0.39 is 6.10 Å². The molecule has 1 aromatic carbocycles. The number of halogens is 1. The van der Waals surface area contributed by atoms with Gasteiger partial charge in [0.05, 0.1) is 6.10 Å². The molecule has 2 aliphatic heterocycles. The van der Waals surface area contributed by atoms with Gasteiger partial charge in [-0.05, 0) is 49.4 Å². The predicted octanol–water partition coefficient (Wildman–Crippen LogP) is 1.67. The standard InChI is InChI=1S/C18H25FN2O2/c19-16-5-3-14(4-6-16)10-17(22)13-20-9-7-15(11-20)12-21-8-1-2-18(21)23/h3-6,15,17,22H,1-2,7-13H2. The number of likely N-dealkylation sites (tertiary alicyclic amines) is 2. The van der Waals surface area contributed by atoms with Crippen LogP contribution in [0.1, 0.15) is 24.8 Å². The normalized spacial score (nSPS) is 23.7. The average molecular weight is 320 g/mol. The molecule has 2 unspecified atom stereocenters. The Morgan fingerprint density at radius 1 is 1.26 bits per heavy atom. The molecule has 2 fully saturated rings. The number of aliphatic hydroxyl groups excluding tert-OH is 1. The molecule has 0 radical (unpaired) electrons. The molecule has 0 aromatic heterocycles. The lowest BCUT2D eigenvalue weighted by molar-refractivity contribution is -0.128. The van der Waals surface area contributed by atoms with Crippen molar-refractivity contribution in [1.82, 2.24) is 9.80 Å². The number of carbonyl (C=O) groups excluding carboxylic acids is 1. The van der Waals surface area contributed by atoms with E-state index >= 15 is 0 Å². The van der Waals surface area contributed by atoms with Gasteiger partial charge in [0.1, 0.15) is 5.82 Å². The van der Waals surface area contributed by atoms with Crippen LogP contribution in [0.5, 0.6) is 0 Å². The van der Waals surface area contributed by atoms with Crippen molar-refractivity contribution in [3.8, 4) is 0 Å². The lowest BCUT2D eigenvalue weighted by Gasteiger charge is -2.22. The molecule has 126 valence electrons. The molecule has 0 bridgehead atoms. The summed E-state index contributed by atoms with van der Waals surface area (Å²) in [5, 5.41) is 10.2. The zero-order valence-electron chi connectivity index (χ0n) is 13.5. The van der Waals surface area contributed by atoms with E-state index in [1.807, 2.05) is 4.90 Å². The summed E-state index contributed by atoms with van der Waals surface area (Å²) >= 11 is 0. The first-order valence-corrected chi connectivity index (χ1v) is 8.53. The Morgan fingerprint density at radius 2 is 2.04 bits per heavy atom. The molecular formula is C18H25FN2O2. The third kappa shape index (κ3) is 4.52. The molecule has 5 heteroatoms. The molecule has 2 aliphatic rings. The minimum Gasteiger partial charge on any atom is -0.391 e. The van der Waals surface area contributed by atoms with Crippen LogP contribution in [0.3, 0.4) is 0 Å². The average Bonchev–Trinajstić information content (AvgIpc) is 3.12. The Balaban J connectivity index is 1.42. The van der Waals surface area contributed by atoms with Crippen LogP contribution in [0.4, 0.5) is 4.39 Å². The van der Waals surface area contributed by atoms with Crippen LogP contribution in [0, 0.1) is 11.7 Å². The molecular weight excluding hydrogens is 295 g/mol. The number of β-amino-alcohol motifs (C(OH)–C–C–N with tert-alkyl or cyclic N) is 1. The second-order valence-electron chi connectivity index (χ2n) is 6.84. The first kappa shape index (κ1) is 16.4. The molecule has 2 heterocycles. The van der Waals surface area contributed by atoms with Gasteiger partial charge in [-0.15, -0.1) is 0 Å². The lowest BCUT2D eigenvalue weighted by atomic mass is 10.1. The van der Waals surface area contributed by atoms with Gasteiger partial charge >= 0.3 is 0 Å². The third-order valence-electron chi connectivity index (χ3n) is 4.87. The highest BCUT2D eigenvalue weighted by Crippen LogP contribution is 2.21. The van der Waals surface area contributed by atoms with Crippen LogP contribution in [-0.4, -0.2) is 59.6 Å². The first-order valence-electron chi connectivity index (χ1n) is 8.53. The highest BCUT2D eigenvalue weighted by molar-refractivity contribution is 5.78. The third-order valence-corrected chi connectivity index (χ3v) is 4.87.